The molecule has 0 saturated carbocycles. The Hall–Kier alpha value is -2.96. The van der Waals surface area contributed by atoms with Gasteiger partial charge in [-0.3, -0.25) is 4.79 Å². The highest BCUT2D eigenvalue weighted by molar-refractivity contribution is 5.78. The molecule has 1 heterocycles. The number of imidazole rings is 1. The molecular weight excluding hydrogens is 316 g/mol. The molecule has 2 aromatic carbocycles. The van der Waals surface area contributed by atoms with Crippen LogP contribution in [0.25, 0.3) is 11.0 Å². The van der Waals surface area contributed by atoms with E-state index in [1.807, 2.05) is 35.9 Å². The molecule has 0 fully saturated rings. The minimum atomic E-state index is -0.849. The van der Waals surface area contributed by atoms with E-state index in [1.165, 1.54) is 0 Å². The summed E-state index contributed by atoms with van der Waals surface area (Å²) in [5.41, 5.74) is 1.81. The van der Waals surface area contributed by atoms with Gasteiger partial charge in [0, 0.05) is 13.1 Å². The highest BCUT2D eigenvalue weighted by atomic mass is 19.1. The topological polar surface area (TPSA) is 56.2 Å². The highest BCUT2D eigenvalue weighted by Gasteiger charge is 2.10. The Labute approximate surface area is 136 Å². The Balaban J connectivity index is 1.58. The summed E-state index contributed by atoms with van der Waals surface area (Å²) in [6.45, 7) is -0.147. The van der Waals surface area contributed by atoms with Gasteiger partial charge in [-0.1, -0.05) is 12.1 Å². The zero-order valence-corrected chi connectivity index (χ0v) is 12.9. The molecule has 5 nitrogen and oxygen atoms in total. The second-order valence-electron chi connectivity index (χ2n) is 5.22. The summed E-state index contributed by atoms with van der Waals surface area (Å²) in [6, 6.07) is 10.5. The van der Waals surface area contributed by atoms with Gasteiger partial charge < -0.3 is 14.6 Å². The third-order valence-electron chi connectivity index (χ3n) is 3.58. The summed E-state index contributed by atoms with van der Waals surface area (Å²) in [5.74, 6) is -1.46. The Kier molecular flexibility index (Phi) is 4.41. The van der Waals surface area contributed by atoms with Crippen LogP contribution in [0, 0.1) is 11.6 Å². The predicted molar refractivity (Wildman–Crippen MR) is 84.4 cm³/mol. The standard InChI is InChI=1S/C17H15F2N3O2/c1-22-14-5-3-2-4-13(14)21-16(22)9-20-17(23)10-24-15-7-6-11(18)8-12(15)19/h2-8H,9-10H2,1H3,(H,20,23). The molecular formula is C17H15F2N3O2. The van der Waals surface area contributed by atoms with Gasteiger partial charge in [-0.25, -0.2) is 13.8 Å². The molecule has 0 spiro atoms. The number of nitrogens with zero attached hydrogens (tertiary/aromatic N) is 2. The van der Waals surface area contributed by atoms with Crippen LogP contribution >= 0.6 is 0 Å². The number of nitrogens with one attached hydrogen (secondary N) is 1. The molecule has 0 unspecified atom stereocenters. The van der Waals surface area contributed by atoms with E-state index in [9.17, 15) is 13.6 Å². The van der Waals surface area contributed by atoms with Crippen LogP contribution in [-0.4, -0.2) is 22.1 Å². The Bertz CT molecular complexity index is 893. The minimum Gasteiger partial charge on any atom is -0.481 e. The number of ether oxygens (including phenoxy) is 1. The van der Waals surface area contributed by atoms with Crippen molar-refractivity contribution in [3.63, 3.8) is 0 Å². The third-order valence-corrected chi connectivity index (χ3v) is 3.58. The average Bonchev–Trinajstić information content (AvgIpc) is 2.89. The number of benzene rings is 2. The molecule has 0 atom stereocenters. The number of fused-ring (bicyclic) bond motifs is 1. The SMILES string of the molecule is Cn1c(CNC(=O)COc2ccc(F)cc2F)nc2ccccc21. The molecule has 1 N–H and O–H groups in total. The summed E-state index contributed by atoms with van der Waals surface area (Å²) in [6.07, 6.45) is 0. The maximum atomic E-state index is 13.4. The predicted octanol–water partition coefficient (Wildman–Crippen LogP) is 2.55. The fourth-order valence-electron chi connectivity index (χ4n) is 2.32. The first-order chi connectivity index (χ1) is 11.5. The van der Waals surface area contributed by atoms with E-state index in [0.717, 1.165) is 23.2 Å². The molecule has 1 amide bonds. The number of halogens is 2. The number of rotatable bonds is 5. The van der Waals surface area contributed by atoms with Gasteiger partial charge in [-0.05, 0) is 24.3 Å². The zero-order valence-electron chi connectivity index (χ0n) is 12.9. The maximum Gasteiger partial charge on any atom is 0.258 e. The van der Waals surface area contributed by atoms with Crippen molar-refractivity contribution in [3.05, 3.63) is 59.9 Å². The fourth-order valence-corrected chi connectivity index (χ4v) is 2.32. The molecule has 0 aliphatic heterocycles. The lowest BCUT2D eigenvalue weighted by atomic mass is 10.3. The number of hydrogen-bond acceptors (Lipinski definition) is 3. The Morgan fingerprint density at radius 1 is 1.25 bits per heavy atom. The van der Waals surface area contributed by atoms with E-state index in [4.69, 9.17) is 4.74 Å². The van der Waals surface area contributed by atoms with Crippen molar-refractivity contribution in [1.82, 2.24) is 14.9 Å². The van der Waals surface area contributed by atoms with Crippen molar-refractivity contribution in [2.24, 2.45) is 7.05 Å². The van der Waals surface area contributed by atoms with E-state index in [1.54, 1.807) is 0 Å². The van der Waals surface area contributed by atoms with Gasteiger partial charge in [-0.2, -0.15) is 0 Å². The lowest BCUT2D eigenvalue weighted by Crippen LogP contribution is -2.29. The first kappa shape index (κ1) is 15.9. The number of carbonyl (C=O) groups is 1. The smallest absolute Gasteiger partial charge is 0.258 e. The number of carbonyl (C=O) groups excluding carboxylic acids is 1. The first-order valence-electron chi connectivity index (χ1n) is 7.29. The molecule has 3 rings (SSSR count). The molecule has 0 saturated heterocycles. The van der Waals surface area contributed by atoms with E-state index in [-0.39, 0.29) is 18.9 Å². The van der Waals surface area contributed by atoms with Gasteiger partial charge in [0.1, 0.15) is 11.6 Å². The molecule has 0 radical (unpaired) electrons. The number of para-hydroxylation sites is 2. The lowest BCUT2D eigenvalue weighted by molar-refractivity contribution is -0.123. The summed E-state index contributed by atoms with van der Waals surface area (Å²) < 4.78 is 33.1. The molecule has 0 aliphatic carbocycles. The monoisotopic (exact) mass is 331 g/mol. The Morgan fingerprint density at radius 2 is 2.04 bits per heavy atom. The van der Waals surface area contributed by atoms with Crippen molar-refractivity contribution in [2.45, 2.75) is 6.54 Å². The van der Waals surface area contributed by atoms with Gasteiger partial charge in [-0.15, -0.1) is 0 Å². The van der Waals surface area contributed by atoms with Crippen molar-refractivity contribution in [1.29, 1.82) is 0 Å². The number of aryl methyl sites for hydroxylation is 1. The number of amides is 1. The van der Waals surface area contributed by atoms with E-state index < -0.39 is 17.5 Å². The average molecular weight is 331 g/mol. The summed E-state index contributed by atoms with van der Waals surface area (Å²) in [4.78, 5) is 16.3. The normalized spacial score (nSPS) is 10.8. The number of hydrogen-bond donors (Lipinski definition) is 1. The van der Waals surface area contributed by atoms with Gasteiger partial charge in [0.25, 0.3) is 5.91 Å². The molecule has 3 aromatic rings. The van der Waals surface area contributed by atoms with Crippen LogP contribution in [0.2, 0.25) is 0 Å². The quantitative estimate of drug-likeness (QED) is 0.782. The van der Waals surface area contributed by atoms with Crippen LogP contribution in [-0.2, 0) is 18.4 Å². The van der Waals surface area contributed by atoms with Crippen LogP contribution in [0.4, 0.5) is 8.78 Å². The summed E-state index contributed by atoms with van der Waals surface area (Å²) in [7, 11) is 1.86. The molecule has 124 valence electrons. The highest BCUT2D eigenvalue weighted by Crippen LogP contribution is 2.17. The molecule has 7 heteroatoms. The van der Waals surface area contributed by atoms with Gasteiger partial charge >= 0.3 is 0 Å². The van der Waals surface area contributed by atoms with Crippen molar-refractivity contribution in [3.8, 4) is 5.75 Å². The van der Waals surface area contributed by atoms with Crippen LogP contribution in [0.5, 0.6) is 5.75 Å². The number of aromatic nitrogens is 2. The van der Waals surface area contributed by atoms with Crippen molar-refractivity contribution < 1.29 is 18.3 Å². The second-order valence-corrected chi connectivity index (χ2v) is 5.22. The molecule has 0 aliphatic rings. The summed E-state index contributed by atoms with van der Waals surface area (Å²) in [5, 5.41) is 2.66. The van der Waals surface area contributed by atoms with Gasteiger partial charge in [0.05, 0.1) is 17.6 Å². The van der Waals surface area contributed by atoms with Gasteiger partial charge in [0.15, 0.2) is 18.2 Å². The maximum absolute atomic E-state index is 13.4. The van der Waals surface area contributed by atoms with Crippen LogP contribution < -0.4 is 10.1 Å². The largest absolute Gasteiger partial charge is 0.481 e. The van der Waals surface area contributed by atoms with Crippen molar-refractivity contribution in [2.75, 3.05) is 6.61 Å². The molecule has 24 heavy (non-hydrogen) atoms. The van der Waals surface area contributed by atoms with Gasteiger partial charge in [0.2, 0.25) is 0 Å². The van der Waals surface area contributed by atoms with Crippen LogP contribution in [0.15, 0.2) is 42.5 Å². The van der Waals surface area contributed by atoms with E-state index in [0.29, 0.717) is 11.9 Å². The van der Waals surface area contributed by atoms with E-state index >= 15 is 0 Å². The lowest BCUT2D eigenvalue weighted by Gasteiger charge is -2.08. The first-order valence-corrected chi connectivity index (χ1v) is 7.29. The third kappa shape index (κ3) is 3.34. The minimum absolute atomic E-state index is 0.172. The fraction of sp³-hybridized carbons (Fsp3) is 0.176. The van der Waals surface area contributed by atoms with Crippen LogP contribution in [0.1, 0.15) is 5.82 Å². The molecule has 0 bridgehead atoms. The van der Waals surface area contributed by atoms with E-state index in [2.05, 4.69) is 10.3 Å². The van der Waals surface area contributed by atoms with Crippen molar-refractivity contribution >= 4 is 16.9 Å². The summed E-state index contributed by atoms with van der Waals surface area (Å²) >= 11 is 0. The van der Waals surface area contributed by atoms with Crippen LogP contribution in [0.3, 0.4) is 0 Å². The molecule has 1 aromatic heterocycles. The Morgan fingerprint density at radius 3 is 2.79 bits per heavy atom. The second kappa shape index (κ2) is 6.66. The zero-order chi connectivity index (χ0) is 17.1.